The van der Waals surface area contributed by atoms with E-state index < -0.39 is 0 Å². The van der Waals surface area contributed by atoms with Gasteiger partial charge in [0.1, 0.15) is 0 Å². The first-order valence-electron chi connectivity index (χ1n) is 7.29. The highest BCUT2D eigenvalue weighted by Gasteiger charge is 2.25. The molecule has 110 valence electrons. The third kappa shape index (κ3) is 3.89. The molecular weight excluding hydrogens is 272 g/mol. The number of rotatable bonds is 3. The van der Waals surface area contributed by atoms with Gasteiger partial charge >= 0.3 is 0 Å². The molecule has 0 saturated heterocycles. The summed E-state index contributed by atoms with van der Waals surface area (Å²) in [5, 5.41) is 6.88. The lowest BCUT2D eigenvalue weighted by atomic mass is 9.80. The van der Waals surface area contributed by atoms with E-state index in [0.717, 1.165) is 11.6 Å². The van der Waals surface area contributed by atoms with E-state index >= 15 is 0 Å². The van der Waals surface area contributed by atoms with E-state index in [1.54, 1.807) is 0 Å². The molecular formula is C16H23ClN2O. The molecule has 0 bridgehead atoms. The third-order valence-electron chi connectivity index (χ3n) is 4.09. The van der Waals surface area contributed by atoms with Gasteiger partial charge < -0.3 is 10.6 Å². The Morgan fingerprint density at radius 1 is 1.30 bits per heavy atom. The number of amides is 1. The van der Waals surface area contributed by atoms with E-state index in [9.17, 15) is 4.79 Å². The van der Waals surface area contributed by atoms with E-state index in [1.165, 1.54) is 26.2 Å². The summed E-state index contributed by atoms with van der Waals surface area (Å²) >= 11 is 6.20. The largest absolute Gasteiger partial charge is 0.382 e. The zero-order chi connectivity index (χ0) is 14.7. The van der Waals surface area contributed by atoms with Gasteiger partial charge in [-0.25, -0.2) is 0 Å². The summed E-state index contributed by atoms with van der Waals surface area (Å²) in [6.45, 7) is 6.10. The van der Waals surface area contributed by atoms with Crippen LogP contribution in [0.25, 0.3) is 0 Å². The van der Waals surface area contributed by atoms with Crippen LogP contribution < -0.4 is 10.6 Å². The fraction of sp³-hybridized carbons (Fsp3) is 0.562. The van der Waals surface area contributed by atoms with Gasteiger partial charge in [-0.15, -0.1) is 0 Å². The molecule has 1 aromatic carbocycles. The van der Waals surface area contributed by atoms with E-state index in [0.29, 0.717) is 22.7 Å². The second-order valence-electron chi connectivity index (χ2n) is 6.02. The Morgan fingerprint density at radius 3 is 2.70 bits per heavy atom. The van der Waals surface area contributed by atoms with Crippen LogP contribution in [0.15, 0.2) is 18.2 Å². The second-order valence-corrected chi connectivity index (χ2v) is 6.43. The van der Waals surface area contributed by atoms with Crippen molar-refractivity contribution in [3.05, 3.63) is 23.2 Å². The summed E-state index contributed by atoms with van der Waals surface area (Å²) in [4.78, 5) is 11.1. The second kappa shape index (κ2) is 6.49. The topological polar surface area (TPSA) is 41.1 Å². The minimum absolute atomic E-state index is 0.109. The lowest BCUT2D eigenvalue weighted by molar-refractivity contribution is -0.114. The molecule has 3 unspecified atom stereocenters. The number of carbonyl (C=O) groups is 1. The highest BCUT2D eigenvalue weighted by atomic mass is 35.5. The van der Waals surface area contributed by atoms with E-state index in [4.69, 9.17) is 11.6 Å². The highest BCUT2D eigenvalue weighted by Crippen LogP contribution is 2.32. The molecule has 1 aliphatic carbocycles. The average Bonchev–Trinajstić information content (AvgIpc) is 2.37. The van der Waals surface area contributed by atoms with E-state index in [1.807, 2.05) is 18.2 Å². The van der Waals surface area contributed by atoms with Crippen molar-refractivity contribution in [2.45, 2.75) is 46.1 Å². The number of hydrogen-bond acceptors (Lipinski definition) is 2. The van der Waals surface area contributed by atoms with Crippen LogP contribution in [0, 0.1) is 11.8 Å². The van der Waals surface area contributed by atoms with Gasteiger partial charge in [-0.1, -0.05) is 31.9 Å². The van der Waals surface area contributed by atoms with Gasteiger partial charge in [0.15, 0.2) is 0 Å². The fourth-order valence-electron chi connectivity index (χ4n) is 2.84. The zero-order valence-electron chi connectivity index (χ0n) is 12.4. The maximum Gasteiger partial charge on any atom is 0.221 e. The van der Waals surface area contributed by atoms with Gasteiger partial charge in [0.25, 0.3) is 0 Å². The minimum Gasteiger partial charge on any atom is -0.382 e. The van der Waals surface area contributed by atoms with Crippen LogP contribution in [-0.2, 0) is 4.79 Å². The smallest absolute Gasteiger partial charge is 0.221 e. The Labute approximate surface area is 126 Å². The van der Waals surface area contributed by atoms with Crippen LogP contribution in [0.4, 0.5) is 11.4 Å². The first-order valence-corrected chi connectivity index (χ1v) is 7.67. The maximum absolute atomic E-state index is 11.1. The standard InChI is InChI=1S/C16H23ClN2O/c1-10-4-5-11(2)16(8-10)19-13-6-7-15(14(17)9-13)18-12(3)20/h6-7,9-11,16,19H,4-5,8H2,1-3H3,(H,18,20). The summed E-state index contributed by atoms with van der Waals surface area (Å²) in [5.74, 6) is 1.35. The third-order valence-corrected chi connectivity index (χ3v) is 4.40. The molecule has 3 nitrogen and oxygen atoms in total. The Morgan fingerprint density at radius 2 is 2.05 bits per heavy atom. The summed E-state index contributed by atoms with van der Waals surface area (Å²) < 4.78 is 0. The Bertz CT molecular complexity index is 489. The molecule has 4 heteroatoms. The van der Waals surface area contributed by atoms with Crippen molar-refractivity contribution in [2.24, 2.45) is 11.8 Å². The quantitative estimate of drug-likeness (QED) is 0.859. The molecule has 20 heavy (non-hydrogen) atoms. The maximum atomic E-state index is 11.1. The van der Waals surface area contributed by atoms with Crippen molar-refractivity contribution in [1.29, 1.82) is 0 Å². The predicted octanol–water partition coefficient (Wildman–Crippen LogP) is 4.54. The SMILES string of the molecule is CC(=O)Nc1ccc(NC2CC(C)CCC2C)cc1Cl. The summed E-state index contributed by atoms with van der Waals surface area (Å²) in [6, 6.07) is 6.21. The van der Waals surface area contributed by atoms with Crippen molar-refractivity contribution >= 4 is 28.9 Å². The van der Waals surface area contributed by atoms with Crippen molar-refractivity contribution < 1.29 is 4.79 Å². The number of hydrogen-bond donors (Lipinski definition) is 2. The molecule has 0 radical (unpaired) electrons. The predicted molar refractivity (Wildman–Crippen MR) is 85.3 cm³/mol. The molecule has 1 fully saturated rings. The Balaban J connectivity index is 2.06. The van der Waals surface area contributed by atoms with Crippen LogP contribution in [0.3, 0.4) is 0 Å². The van der Waals surface area contributed by atoms with Gasteiger partial charge in [0.2, 0.25) is 5.91 Å². The van der Waals surface area contributed by atoms with Crippen molar-refractivity contribution in [3.8, 4) is 0 Å². The first kappa shape index (κ1) is 15.2. The lowest BCUT2D eigenvalue weighted by Crippen LogP contribution is -2.33. The molecule has 0 spiro atoms. The van der Waals surface area contributed by atoms with Crippen LogP contribution in [0.1, 0.15) is 40.0 Å². The van der Waals surface area contributed by atoms with Crippen LogP contribution in [0.2, 0.25) is 5.02 Å². The molecule has 1 saturated carbocycles. The zero-order valence-corrected chi connectivity index (χ0v) is 13.1. The number of anilines is 2. The molecule has 3 atom stereocenters. The van der Waals surface area contributed by atoms with Crippen LogP contribution in [-0.4, -0.2) is 11.9 Å². The van der Waals surface area contributed by atoms with Gasteiger partial charge in [-0.3, -0.25) is 4.79 Å². The van der Waals surface area contributed by atoms with Crippen LogP contribution >= 0.6 is 11.6 Å². The molecule has 0 aromatic heterocycles. The highest BCUT2D eigenvalue weighted by molar-refractivity contribution is 6.34. The molecule has 2 rings (SSSR count). The van der Waals surface area contributed by atoms with Crippen molar-refractivity contribution in [2.75, 3.05) is 10.6 Å². The van der Waals surface area contributed by atoms with Crippen LogP contribution in [0.5, 0.6) is 0 Å². The molecule has 2 N–H and O–H groups in total. The Kier molecular flexibility index (Phi) is 4.92. The number of nitrogens with one attached hydrogen (secondary N) is 2. The van der Waals surface area contributed by atoms with Gasteiger partial charge in [-0.2, -0.15) is 0 Å². The molecule has 1 aromatic rings. The summed E-state index contributed by atoms with van der Waals surface area (Å²) in [7, 11) is 0. The monoisotopic (exact) mass is 294 g/mol. The average molecular weight is 295 g/mol. The molecule has 1 aliphatic rings. The lowest BCUT2D eigenvalue weighted by Gasteiger charge is -2.34. The molecule has 0 heterocycles. The molecule has 1 amide bonds. The Hall–Kier alpha value is -1.22. The first-order chi connectivity index (χ1) is 9.45. The number of benzene rings is 1. The summed E-state index contributed by atoms with van der Waals surface area (Å²) in [6.07, 6.45) is 3.80. The summed E-state index contributed by atoms with van der Waals surface area (Å²) in [5.41, 5.74) is 1.69. The van der Waals surface area contributed by atoms with Crippen molar-refractivity contribution in [3.63, 3.8) is 0 Å². The molecule has 0 aliphatic heterocycles. The van der Waals surface area contributed by atoms with Gasteiger partial charge in [-0.05, 0) is 42.9 Å². The number of halogens is 1. The fourth-order valence-corrected chi connectivity index (χ4v) is 3.07. The van der Waals surface area contributed by atoms with Crippen molar-refractivity contribution in [1.82, 2.24) is 0 Å². The van der Waals surface area contributed by atoms with E-state index in [-0.39, 0.29) is 5.91 Å². The van der Waals surface area contributed by atoms with Gasteiger partial charge in [0.05, 0.1) is 10.7 Å². The number of carbonyl (C=O) groups excluding carboxylic acids is 1. The van der Waals surface area contributed by atoms with Gasteiger partial charge in [0, 0.05) is 18.7 Å². The minimum atomic E-state index is -0.109. The normalized spacial score (nSPS) is 26.1. The van der Waals surface area contributed by atoms with E-state index in [2.05, 4.69) is 24.5 Å².